The number of aryl methyl sites for hydroxylation is 1. The molecule has 0 saturated carbocycles. The van der Waals surface area contributed by atoms with E-state index in [4.69, 9.17) is 4.74 Å². The molecule has 0 aliphatic carbocycles. The molecule has 5 heteroatoms. The van der Waals surface area contributed by atoms with E-state index >= 15 is 0 Å². The number of aromatic nitrogens is 2. The molecule has 2 aromatic rings. The van der Waals surface area contributed by atoms with Gasteiger partial charge in [-0.05, 0) is 30.3 Å². The van der Waals surface area contributed by atoms with Gasteiger partial charge in [-0.3, -0.25) is 0 Å². The van der Waals surface area contributed by atoms with Crippen LogP contribution in [0.5, 0.6) is 5.75 Å². The lowest BCUT2D eigenvalue weighted by Gasteiger charge is -2.10. The molecule has 0 radical (unpaired) electrons. The summed E-state index contributed by atoms with van der Waals surface area (Å²) < 4.78 is 8.85. The zero-order chi connectivity index (χ0) is 13.7. The zero-order valence-electron chi connectivity index (χ0n) is 11.2. The van der Waals surface area contributed by atoms with Crippen LogP contribution in [0.25, 0.3) is 0 Å². The van der Waals surface area contributed by atoms with Crippen LogP contribution in [0.15, 0.2) is 35.2 Å². The van der Waals surface area contributed by atoms with Crippen molar-refractivity contribution in [2.45, 2.75) is 20.1 Å². The Kier molecular flexibility index (Phi) is 4.99. The lowest BCUT2D eigenvalue weighted by Crippen LogP contribution is -2.12. The molecule has 4 nitrogen and oxygen atoms in total. The minimum atomic E-state index is 0.527. The van der Waals surface area contributed by atoms with Gasteiger partial charge in [-0.15, -0.1) is 0 Å². The Labute approximate surface area is 121 Å². The van der Waals surface area contributed by atoms with Gasteiger partial charge in [-0.25, -0.2) is 4.98 Å². The van der Waals surface area contributed by atoms with Crippen LogP contribution in [0.4, 0.5) is 0 Å². The molecule has 0 atom stereocenters. The number of hydrogen-bond acceptors (Lipinski definition) is 3. The van der Waals surface area contributed by atoms with Crippen LogP contribution >= 0.6 is 15.9 Å². The summed E-state index contributed by atoms with van der Waals surface area (Å²) in [6.07, 6.45) is 3.59. The van der Waals surface area contributed by atoms with Crippen LogP contribution < -0.4 is 10.1 Å². The summed E-state index contributed by atoms with van der Waals surface area (Å²) in [6.45, 7) is 4.40. The monoisotopic (exact) mass is 323 g/mol. The summed E-state index contributed by atoms with van der Waals surface area (Å²) in [7, 11) is 1.96. The summed E-state index contributed by atoms with van der Waals surface area (Å²) in [5, 5.41) is 3.31. The third-order valence-corrected chi connectivity index (χ3v) is 3.66. The Morgan fingerprint density at radius 3 is 2.95 bits per heavy atom. The fourth-order valence-electron chi connectivity index (χ4n) is 1.72. The number of halogens is 1. The summed E-state index contributed by atoms with van der Waals surface area (Å²) in [5.74, 6) is 0.873. The predicted molar refractivity (Wildman–Crippen MR) is 79.1 cm³/mol. The van der Waals surface area contributed by atoms with Crippen LogP contribution in [-0.4, -0.2) is 16.1 Å². The smallest absolute Gasteiger partial charge is 0.130 e. The minimum absolute atomic E-state index is 0.527. The molecule has 19 heavy (non-hydrogen) atoms. The topological polar surface area (TPSA) is 39.1 Å². The second-order valence-electron chi connectivity index (χ2n) is 4.32. The highest BCUT2D eigenvalue weighted by atomic mass is 79.9. The molecule has 2 rings (SSSR count). The number of nitrogens with zero attached hydrogens (tertiary/aromatic N) is 2. The third kappa shape index (κ3) is 3.81. The second kappa shape index (κ2) is 6.73. The fraction of sp³-hybridized carbons (Fsp3) is 0.357. The average molecular weight is 324 g/mol. The molecule has 1 aromatic heterocycles. The second-order valence-corrected chi connectivity index (χ2v) is 5.17. The van der Waals surface area contributed by atoms with Gasteiger partial charge in [0.25, 0.3) is 0 Å². The highest BCUT2D eigenvalue weighted by Crippen LogP contribution is 2.23. The van der Waals surface area contributed by atoms with Crippen molar-refractivity contribution < 1.29 is 4.74 Å². The number of nitrogens with one attached hydrogen (secondary N) is 1. The highest BCUT2D eigenvalue weighted by molar-refractivity contribution is 9.10. The number of hydrogen-bond donors (Lipinski definition) is 1. The van der Waals surface area contributed by atoms with E-state index in [2.05, 4.69) is 39.2 Å². The van der Waals surface area contributed by atoms with Crippen molar-refractivity contribution in [3.05, 3.63) is 46.5 Å². The summed E-state index contributed by atoms with van der Waals surface area (Å²) in [6, 6.07) is 6.05. The van der Waals surface area contributed by atoms with Crippen molar-refractivity contribution in [3.8, 4) is 5.75 Å². The Morgan fingerprint density at radius 1 is 1.42 bits per heavy atom. The summed E-state index contributed by atoms with van der Waals surface area (Å²) in [5.41, 5.74) is 2.25. The van der Waals surface area contributed by atoms with Crippen molar-refractivity contribution in [3.63, 3.8) is 0 Å². The number of imidazole rings is 1. The van der Waals surface area contributed by atoms with Crippen LogP contribution in [0, 0.1) is 0 Å². The van der Waals surface area contributed by atoms with E-state index in [0.717, 1.165) is 29.0 Å². The first-order valence-corrected chi connectivity index (χ1v) is 7.07. The summed E-state index contributed by atoms with van der Waals surface area (Å²) in [4.78, 5) is 4.07. The maximum Gasteiger partial charge on any atom is 0.130 e. The first-order valence-electron chi connectivity index (χ1n) is 6.28. The molecule has 1 heterocycles. The van der Waals surface area contributed by atoms with Gasteiger partial charge in [-0.2, -0.15) is 0 Å². The molecule has 0 unspecified atom stereocenters. The van der Waals surface area contributed by atoms with Crippen molar-refractivity contribution in [2.24, 2.45) is 7.05 Å². The molecule has 0 amide bonds. The van der Waals surface area contributed by atoms with E-state index in [1.54, 1.807) is 6.33 Å². The SMILES string of the molecule is CCNCc1cc(OCc2cncn2C)ccc1Br. The van der Waals surface area contributed by atoms with E-state index in [-0.39, 0.29) is 0 Å². The van der Waals surface area contributed by atoms with Gasteiger partial charge in [0.1, 0.15) is 12.4 Å². The third-order valence-electron chi connectivity index (χ3n) is 2.89. The van der Waals surface area contributed by atoms with E-state index in [1.165, 1.54) is 5.56 Å². The molecule has 1 N–H and O–H groups in total. The van der Waals surface area contributed by atoms with Crippen LogP contribution in [-0.2, 0) is 20.2 Å². The Morgan fingerprint density at radius 2 is 2.26 bits per heavy atom. The molecular weight excluding hydrogens is 306 g/mol. The van der Waals surface area contributed by atoms with Crippen LogP contribution in [0.2, 0.25) is 0 Å². The maximum atomic E-state index is 5.80. The molecule has 0 aliphatic heterocycles. The number of benzene rings is 1. The van der Waals surface area contributed by atoms with E-state index < -0.39 is 0 Å². The largest absolute Gasteiger partial charge is 0.487 e. The first-order chi connectivity index (χ1) is 9.20. The van der Waals surface area contributed by atoms with Crippen molar-refractivity contribution in [1.82, 2.24) is 14.9 Å². The van der Waals surface area contributed by atoms with Gasteiger partial charge < -0.3 is 14.6 Å². The first kappa shape index (κ1) is 14.1. The van der Waals surface area contributed by atoms with Gasteiger partial charge in [0.2, 0.25) is 0 Å². The normalized spacial score (nSPS) is 10.7. The van der Waals surface area contributed by atoms with Crippen LogP contribution in [0.1, 0.15) is 18.2 Å². The summed E-state index contributed by atoms with van der Waals surface area (Å²) >= 11 is 3.55. The fourth-order valence-corrected chi connectivity index (χ4v) is 2.10. The minimum Gasteiger partial charge on any atom is -0.487 e. The van der Waals surface area contributed by atoms with Gasteiger partial charge in [0.15, 0.2) is 0 Å². The van der Waals surface area contributed by atoms with Gasteiger partial charge in [-0.1, -0.05) is 22.9 Å². The number of rotatable bonds is 6. The van der Waals surface area contributed by atoms with E-state index in [0.29, 0.717) is 6.61 Å². The molecule has 0 bridgehead atoms. The molecule has 0 aliphatic rings. The molecule has 0 saturated heterocycles. The molecule has 0 fully saturated rings. The van der Waals surface area contributed by atoms with E-state index in [9.17, 15) is 0 Å². The quantitative estimate of drug-likeness (QED) is 0.888. The van der Waals surface area contributed by atoms with Crippen molar-refractivity contribution in [1.29, 1.82) is 0 Å². The molecule has 1 aromatic carbocycles. The zero-order valence-corrected chi connectivity index (χ0v) is 12.8. The average Bonchev–Trinajstić information content (AvgIpc) is 2.82. The van der Waals surface area contributed by atoms with E-state index in [1.807, 2.05) is 29.9 Å². The lowest BCUT2D eigenvalue weighted by atomic mass is 10.2. The highest BCUT2D eigenvalue weighted by Gasteiger charge is 2.04. The Bertz CT molecular complexity index is 539. The molecular formula is C14H18BrN3O. The predicted octanol–water partition coefficient (Wildman–Crippen LogP) is 2.87. The Hall–Kier alpha value is -1.33. The Balaban J connectivity index is 2.02. The number of ether oxygens (including phenoxy) is 1. The molecule has 102 valence electrons. The molecule has 0 spiro atoms. The maximum absolute atomic E-state index is 5.80. The van der Waals surface area contributed by atoms with Crippen LogP contribution in [0.3, 0.4) is 0 Å². The lowest BCUT2D eigenvalue weighted by molar-refractivity contribution is 0.296. The van der Waals surface area contributed by atoms with Gasteiger partial charge in [0, 0.05) is 18.1 Å². The van der Waals surface area contributed by atoms with Gasteiger partial charge in [0.05, 0.1) is 18.2 Å². The van der Waals surface area contributed by atoms with Crippen molar-refractivity contribution >= 4 is 15.9 Å². The standard InChI is InChI=1S/C14H18BrN3O/c1-3-16-7-11-6-13(4-5-14(11)15)19-9-12-8-17-10-18(12)2/h4-6,8,10,16H,3,7,9H2,1-2H3. The van der Waals surface area contributed by atoms with Crippen molar-refractivity contribution in [2.75, 3.05) is 6.54 Å². The van der Waals surface area contributed by atoms with Gasteiger partial charge >= 0.3 is 0 Å².